The molecule has 21 heavy (non-hydrogen) atoms. The summed E-state index contributed by atoms with van der Waals surface area (Å²) >= 11 is 5.92. The van der Waals surface area contributed by atoms with Gasteiger partial charge < -0.3 is 5.32 Å². The van der Waals surface area contributed by atoms with Crippen LogP contribution in [0.2, 0.25) is 5.02 Å². The number of amides is 2. The summed E-state index contributed by atoms with van der Waals surface area (Å²) in [5.41, 5.74) is 0.894. The van der Waals surface area contributed by atoms with Gasteiger partial charge in [0.2, 0.25) is 0 Å². The fourth-order valence-corrected chi connectivity index (χ4v) is 2.34. The molecular formula is C14H11ClN4O2. The minimum atomic E-state index is -0.272. The van der Waals surface area contributed by atoms with Gasteiger partial charge in [0.25, 0.3) is 11.8 Å². The van der Waals surface area contributed by atoms with Crippen molar-refractivity contribution in [3.8, 4) is 0 Å². The van der Waals surface area contributed by atoms with Crippen LogP contribution >= 0.6 is 11.6 Å². The van der Waals surface area contributed by atoms with Crippen molar-refractivity contribution >= 4 is 29.2 Å². The molecule has 6 nitrogen and oxygen atoms in total. The first-order chi connectivity index (χ1) is 10.2. The molecule has 0 spiro atoms. The maximum Gasteiger partial charge on any atom is 0.261 e. The second kappa shape index (κ2) is 5.49. The number of fused-ring (bicyclic) bond motifs is 1. The number of rotatable bonds is 4. The zero-order valence-electron chi connectivity index (χ0n) is 10.9. The Kier molecular flexibility index (Phi) is 3.53. The number of hydrogen-bond acceptors (Lipinski definition) is 5. The van der Waals surface area contributed by atoms with Gasteiger partial charge in [-0.3, -0.25) is 14.5 Å². The molecule has 1 aromatic carbocycles. The molecule has 1 N–H and O–H groups in total. The van der Waals surface area contributed by atoms with Crippen LogP contribution in [0.5, 0.6) is 0 Å². The van der Waals surface area contributed by atoms with Gasteiger partial charge in [-0.1, -0.05) is 23.7 Å². The molecule has 0 fully saturated rings. The van der Waals surface area contributed by atoms with Gasteiger partial charge in [-0.05, 0) is 12.1 Å². The molecule has 0 saturated carbocycles. The van der Waals surface area contributed by atoms with Crippen molar-refractivity contribution in [3.63, 3.8) is 0 Å². The molecule has 0 atom stereocenters. The third kappa shape index (κ3) is 2.45. The minimum absolute atomic E-state index is 0.243. The molecule has 1 aliphatic heterocycles. The summed E-state index contributed by atoms with van der Waals surface area (Å²) in [6.07, 6.45) is 2.84. The van der Waals surface area contributed by atoms with Crippen molar-refractivity contribution in [3.05, 3.63) is 52.9 Å². The van der Waals surface area contributed by atoms with Gasteiger partial charge in [0.05, 0.1) is 17.3 Å². The van der Waals surface area contributed by atoms with E-state index < -0.39 is 0 Å². The zero-order chi connectivity index (χ0) is 14.8. The van der Waals surface area contributed by atoms with Crippen LogP contribution in [-0.2, 0) is 0 Å². The van der Waals surface area contributed by atoms with E-state index in [9.17, 15) is 9.59 Å². The number of nitrogens with one attached hydrogen (secondary N) is 1. The zero-order valence-corrected chi connectivity index (χ0v) is 11.7. The van der Waals surface area contributed by atoms with Crippen molar-refractivity contribution < 1.29 is 9.59 Å². The summed E-state index contributed by atoms with van der Waals surface area (Å²) in [4.78, 5) is 33.3. The van der Waals surface area contributed by atoms with E-state index >= 15 is 0 Å². The highest BCUT2D eigenvalue weighted by Crippen LogP contribution is 2.22. The first-order valence-electron chi connectivity index (χ1n) is 6.33. The number of imide groups is 1. The lowest BCUT2D eigenvalue weighted by atomic mass is 10.1. The summed E-state index contributed by atoms with van der Waals surface area (Å²) in [6, 6.07) is 6.80. The van der Waals surface area contributed by atoms with Gasteiger partial charge in [-0.2, -0.15) is 0 Å². The molecule has 0 saturated heterocycles. The lowest BCUT2D eigenvalue weighted by Crippen LogP contribution is -2.34. The van der Waals surface area contributed by atoms with Crippen LogP contribution in [0.1, 0.15) is 20.7 Å². The van der Waals surface area contributed by atoms with Gasteiger partial charge in [0.15, 0.2) is 0 Å². The number of anilines is 1. The van der Waals surface area contributed by atoms with Crippen molar-refractivity contribution in [1.82, 2.24) is 14.9 Å². The van der Waals surface area contributed by atoms with E-state index in [1.54, 1.807) is 24.3 Å². The number of benzene rings is 1. The van der Waals surface area contributed by atoms with Crippen LogP contribution in [0.25, 0.3) is 0 Å². The Balaban J connectivity index is 1.66. The number of carbonyl (C=O) groups is 2. The predicted octanol–water partition coefficient (Wildman–Crippen LogP) is 1.84. The average Bonchev–Trinajstić information content (AvgIpc) is 2.74. The van der Waals surface area contributed by atoms with Gasteiger partial charge in [-0.15, -0.1) is 0 Å². The number of aromatic nitrogens is 2. The summed E-state index contributed by atoms with van der Waals surface area (Å²) in [5, 5.41) is 3.37. The van der Waals surface area contributed by atoms with Crippen LogP contribution in [-0.4, -0.2) is 39.8 Å². The SMILES string of the molecule is O=C1c2ccccc2C(=O)N1CCNc1ncncc1Cl. The van der Waals surface area contributed by atoms with E-state index in [4.69, 9.17) is 11.6 Å². The summed E-state index contributed by atoms with van der Waals surface area (Å²) < 4.78 is 0. The van der Waals surface area contributed by atoms with Crippen LogP contribution in [0.4, 0.5) is 5.82 Å². The normalized spacial score (nSPS) is 13.5. The van der Waals surface area contributed by atoms with E-state index in [-0.39, 0.29) is 18.4 Å². The molecule has 0 radical (unpaired) electrons. The van der Waals surface area contributed by atoms with E-state index in [0.29, 0.717) is 28.5 Å². The molecule has 7 heteroatoms. The molecule has 106 valence electrons. The number of carbonyl (C=O) groups excluding carboxylic acids is 2. The third-order valence-electron chi connectivity index (χ3n) is 3.17. The molecule has 0 unspecified atom stereocenters. The quantitative estimate of drug-likeness (QED) is 0.872. The minimum Gasteiger partial charge on any atom is -0.367 e. The van der Waals surface area contributed by atoms with Gasteiger partial charge in [0, 0.05) is 13.1 Å². The van der Waals surface area contributed by atoms with E-state index in [1.807, 2.05) is 0 Å². The maximum absolute atomic E-state index is 12.1. The van der Waals surface area contributed by atoms with Crippen molar-refractivity contribution in [2.75, 3.05) is 18.4 Å². The fourth-order valence-electron chi connectivity index (χ4n) is 2.17. The summed E-state index contributed by atoms with van der Waals surface area (Å²) in [5.74, 6) is -0.0688. The number of hydrogen-bond donors (Lipinski definition) is 1. The lowest BCUT2D eigenvalue weighted by molar-refractivity contribution is 0.0660. The van der Waals surface area contributed by atoms with Crippen molar-refractivity contribution in [1.29, 1.82) is 0 Å². The first-order valence-corrected chi connectivity index (χ1v) is 6.71. The molecule has 3 rings (SSSR count). The molecule has 2 aromatic rings. The van der Waals surface area contributed by atoms with Crippen LogP contribution < -0.4 is 5.32 Å². The highest BCUT2D eigenvalue weighted by Gasteiger charge is 2.34. The molecular weight excluding hydrogens is 292 g/mol. The van der Waals surface area contributed by atoms with E-state index in [2.05, 4.69) is 15.3 Å². The van der Waals surface area contributed by atoms with E-state index in [1.165, 1.54) is 17.4 Å². The Labute approximate surface area is 125 Å². The third-order valence-corrected chi connectivity index (χ3v) is 3.45. The Morgan fingerprint density at radius 2 is 1.81 bits per heavy atom. The second-order valence-electron chi connectivity index (χ2n) is 4.45. The monoisotopic (exact) mass is 302 g/mol. The molecule has 2 amide bonds. The molecule has 0 aliphatic carbocycles. The van der Waals surface area contributed by atoms with Gasteiger partial charge >= 0.3 is 0 Å². The van der Waals surface area contributed by atoms with Crippen molar-refractivity contribution in [2.45, 2.75) is 0 Å². The Hall–Kier alpha value is -2.47. The van der Waals surface area contributed by atoms with Crippen LogP contribution in [0.3, 0.4) is 0 Å². The molecule has 2 heterocycles. The van der Waals surface area contributed by atoms with Gasteiger partial charge in [-0.25, -0.2) is 9.97 Å². The largest absolute Gasteiger partial charge is 0.367 e. The Bertz CT molecular complexity index is 685. The standard InChI is InChI=1S/C14H11ClN4O2/c15-11-7-16-8-18-12(11)17-5-6-19-13(20)9-3-1-2-4-10(9)14(19)21/h1-4,7-8H,5-6H2,(H,16,17,18). The summed E-state index contributed by atoms with van der Waals surface area (Å²) in [6.45, 7) is 0.606. The topological polar surface area (TPSA) is 75.2 Å². The smallest absolute Gasteiger partial charge is 0.261 e. The van der Waals surface area contributed by atoms with E-state index in [0.717, 1.165) is 0 Å². The fraction of sp³-hybridized carbons (Fsp3) is 0.143. The van der Waals surface area contributed by atoms with Gasteiger partial charge in [0.1, 0.15) is 17.2 Å². The van der Waals surface area contributed by atoms with Crippen LogP contribution in [0, 0.1) is 0 Å². The Morgan fingerprint density at radius 3 is 2.43 bits per heavy atom. The number of nitrogens with zero attached hydrogens (tertiary/aromatic N) is 3. The highest BCUT2D eigenvalue weighted by molar-refractivity contribution is 6.32. The van der Waals surface area contributed by atoms with Crippen LogP contribution in [0.15, 0.2) is 36.8 Å². The Morgan fingerprint density at radius 1 is 1.14 bits per heavy atom. The molecule has 1 aliphatic rings. The first kappa shape index (κ1) is 13.5. The highest BCUT2D eigenvalue weighted by atomic mass is 35.5. The van der Waals surface area contributed by atoms with Crippen molar-refractivity contribution in [2.24, 2.45) is 0 Å². The number of halogens is 1. The summed E-state index contributed by atoms with van der Waals surface area (Å²) in [7, 11) is 0. The maximum atomic E-state index is 12.1. The molecule has 0 bridgehead atoms. The average molecular weight is 303 g/mol. The predicted molar refractivity (Wildman–Crippen MR) is 77.3 cm³/mol. The molecule has 1 aromatic heterocycles. The lowest BCUT2D eigenvalue weighted by Gasteiger charge is -2.14. The second-order valence-corrected chi connectivity index (χ2v) is 4.86.